The molecule has 2 fully saturated rings. The molecular weight excluding hydrogens is 302 g/mol. The summed E-state index contributed by atoms with van der Waals surface area (Å²) in [5, 5.41) is 3.11. The Balaban J connectivity index is 1.51. The molecule has 1 N–H and O–H groups in total. The van der Waals surface area contributed by atoms with E-state index in [1.165, 1.54) is 5.56 Å². The predicted octanol–water partition coefficient (Wildman–Crippen LogP) is 2.83. The molecule has 0 aromatic heterocycles. The molecule has 0 radical (unpaired) electrons. The van der Waals surface area contributed by atoms with E-state index < -0.39 is 0 Å². The van der Waals surface area contributed by atoms with Crippen molar-refractivity contribution in [3.05, 3.63) is 29.8 Å². The Kier molecular flexibility index (Phi) is 6.10. The number of rotatable bonds is 5. The third-order valence-electron chi connectivity index (χ3n) is 4.97. The van der Waals surface area contributed by atoms with E-state index in [1.807, 2.05) is 23.1 Å². The van der Waals surface area contributed by atoms with E-state index in [0.29, 0.717) is 5.92 Å². The molecule has 2 aliphatic rings. The molecule has 1 aromatic rings. The first-order valence-electron chi connectivity index (χ1n) is 9.20. The quantitative estimate of drug-likeness (QED) is 0.902. The number of benzene rings is 1. The van der Waals surface area contributed by atoms with Crippen molar-refractivity contribution in [2.45, 2.75) is 26.2 Å². The lowest BCUT2D eigenvalue weighted by atomic mass is 10.1. The topological polar surface area (TPSA) is 44.8 Å². The number of carbonyl (C=O) groups is 1. The Bertz CT molecular complexity index is 543. The Morgan fingerprint density at radius 1 is 1.25 bits per heavy atom. The van der Waals surface area contributed by atoms with Crippen molar-refractivity contribution < 1.29 is 9.53 Å². The maximum atomic E-state index is 12.6. The first-order chi connectivity index (χ1) is 11.8. The number of para-hydroxylation sites is 1. The van der Waals surface area contributed by atoms with Crippen molar-refractivity contribution >= 4 is 11.7 Å². The number of urea groups is 1. The summed E-state index contributed by atoms with van der Waals surface area (Å²) in [6, 6.07) is 8.17. The van der Waals surface area contributed by atoms with E-state index in [1.54, 1.807) is 0 Å². The summed E-state index contributed by atoms with van der Waals surface area (Å²) in [5.41, 5.74) is 2.18. The summed E-state index contributed by atoms with van der Waals surface area (Å²) in [4.78, 5) is 17.0. The number of anilines is 1. The van der Waals surface area contributed by atoms with Gasteiger partial charge in [-0.05, 0) is 30.4 Å². The minimum absolute atomic E-state index is 0.0445. The van der Waals surface area contributed by atoms with Crippen molar-refractivity contribution in [1.82, 2.24) is 9.80 Å². The third kappa shape index (κ3) is 4.48. The number of ether oxygens (including phenoxy) is 1. The van der Waals surface area contributed by atoms with E-state index in [-0.39, 0.29) is 6.03 Å². The Morgan fingerprint density at radius 3 is 2.83 bits per heavy atom. The zero-order valence-corrected chi connectivity index (χ0v) is 14.7. The van der Waals surface area contributed by atoms with Crippen molar-refractivity contribution in [1.29, 1.82) is 0 Å². The van der Waals surface area contributed by atoms with Gasteiger partial charge in [-0.1, -0.05) is 31.5 Å². The van der Waals surface area contributed by atoms with Crippen LogP contribution in [0, 0.1) is 5.92 Å². The van der Waals surface area contributed by atoms with Crippen molar-refractivity contribution in [2.75, 3.05) is 51.3 Å². The number of likely N-dealkylation sites (tertiary alicyclic amines) is 1. The van der Waals surface area contributed by atoms with Crippen molar-refractivity contribution in [3.8, 4) is 0 Å². The van der Waals surface area contributed by atoms with Gasteiger partial charge in [0.15, 0.2) is 0 Å². The molecule has 0 spiro atoms. The standard InChI is InChI=1S/C19H29N3O2/c1-2-5-17-6-3-4-7-18(17)20-19(23)22-9-8-16(15-22)14-21-10-12-24-13-11-21/h3-4,6-7,16H,2,5,8-15H2,1H3,(H,20,23)/t16-/m0/s1. The largest absolute Gasteiger partial charge is 0.379 e. The van der Waals surface area contributed by atoms with E-state index in [2.05, 4.69) is 23.2 Å². The number of amides is 2. The first kappa shape index (κ1) is 17.2. The molecule has 0 unspecified atom stereocenters. The molecule has 2 heterocycles. The molecule has 2 saturated heterocycles. The van der Waals surface area contributed by atoms with Crippen LogP contribution in [0.1, 0.15) is 25.3 Å². The average Bonchev–Trinajstić information content (AvgIpc) is 3.06. The van der Waals surface area contributed by atoms with Crippen LogP contribution in [0.25, 0.3) is 0 Å². The molecule has 2 aliphatic heterocycles. The smallest absolute Gasteiger partial charge is 0.321 e. The van der Waals surface area contributed by atoms with Crippen LogP contribution >= 0.6 is 0 Å². The van der Waals surface area contributed by atoms with Crippen LogP contribution in [0.3, 0.4) is 0 Å². The highest BCUT2D eigenvalue weighted by Crippen LogP contribution is 2.21. The normalized spacial score (nSPS) is 21.9. The molecule has 5 nitrogen and oxygen atoms in total. The second kappa shape index (κ2) is 8.49. The summed E-state index contributed by atoms with van der Waals surface area (Å²) in [6.07, 6.45) is 3.18. The maximum absolute atomic E-state index is 12.6. The zero-order valence-electron chi connectivity index (χ0n) is 14.7. The molecule has 1 atom stereocenters. The number of carbonyl (C=O) groups excluding carboxylic acids is 1. The monoisotopic (exact) mass is 331 g/mol. The number of hydrogen-bond donors (Lipinski definition) is 1. The number of hydrogen-bond acceptors (Lipinski definition) is 3. The summed E-state index contributed by atoms with van der Waals surface area (Å²) in [6.45, 7) is 8.68. The van der Waals surface area contributed by atoms with Crippen LogP contribution < -0.4 is 5.32 Å². The minimum atomic E-state index is 0.0445. The molecule has 0 aliphatic carbocycles. The van der Waals surface area contributed by atoms with Gasteiger partial charge in [-0.25, -0.2) is 4.79 Å². The van der Waals surface area contributed by atoms with Crippen LogP contribution in [-0.2, 0) is 11.2 Å². The van der Waals surface area contributed by atoms with Crippen LogP contribution in [0.5, 0.6) is 0 Å². The van der Waals surface area contributed by atoms with Gasteiger partial charge in [0.2, 0.25) is 0 Å². The molecule has 5 heteroatoms. The second-order valence-corrected chi connectivity index (χ2v) is 6.85. The van der Waals surface area contributed by atoms with Gasteiger partial charge in [-0.2, -0.15) is 0 Å². The highest BCUT2D eigenvalue weighted by Gasteiger charge is 2.28. The van der Waals surface area contributed by atoms with Crippen LogP contribution in [0.2, 0.25) is 0 Å². The molecule has 132 valence electrons. The van der Waals surface area contributed by atoms with Gasteiger partial charge < -0.3 is 15.0 Å². The first-order valence-corrected chi connectivity index (χ1v) is 9.20. The Labute approximate surface area is 145 Å². The summed E-state index contributed by atoms with van der Waals surface area (Å²) in [7, 11) is 0. The van der Waals surface area contributed by atoms with Gasteiger partial charge in [0, 0.05) is 38.4 Å². The number of morpholine rings is 1. The molecule has 0 saturated carbocycles. The average molecular weight is 331 g/mol. The molecule has 2 amide bonds. The van der Waals surface area contributed by atoms with E-state index >= 15 is 0 Å². The van der Waals surface area contributed by atoms with Crippen LogP contribution in [-0.4, -0.2) is 61.8 Å². The molecule has 1 aromatic carbocycles. The lowest BCUT2D eigenvalue weighted by molar-refractivity contribution is 0.0314. The summed E-state index contributed by atoms with van der Waals surface area (Å²) >= 11 is 0. The van der Waals surface area contributed by atoms with Gasteiger partial charge >= 0.3 is 6.03 Å². The Hall–Kier alpha value is -1.59. The lowest BCUT2D eigenvalue weighted by Crippen LogP contribution is -2.40. The van der Waals surface area contributed by atoms with Gasteiger partial charge in [-0.3, -0.25) is 4.90 Å². The number of aryl methyl sites for hydroxylation is 1. The van der Waals surface area contributed by atoms with E-state index in [0.717, 1.165) is 70.9 Å². The molecule has 3 rings (SSSR count). The molecular formula is C19H29N3O2. The van der Waals surface area contributed by atoms with Crippen molar-refractivity contribution in [3.63, 3.8) is 0 Å². The zero-order chi connectivity index (χ0) is 16.8. The van der Waals surface area contributed by atoms with E-state index in [4.69, 9.17) is 4.74 Å². The fraction of sp³-hybridized carbons (Fsp3) is 0.632. The fourth-order valence-corrected chi connectivity index (χ4v) is 3.64. The third-order valence-corrected chi connectivity index (χ3v) is 4.97. The number of nitrogens with one attached hydrogen (secondary N) is 1. The van der Waals surface area contributed by atoms with E-state index in [9.17, 15) is 4.79 Å². The van der Waals surface area contributed by atoms with Gasteiger partial charge in [0.05, 0.1) is 13.2 Å². The predicted molar refractivity (Wildman–Crippen MR) is 96.4 cm³/mol. The fourth-order valence-electron chi connectivity index (χ4n) is 3.64. The lowest BCUT2D eigenvalue weighted by Gasteiger charge is -2.29. The summed E-state index contributed by atoms with van der Waals surface area (Å²) < 4.78 is 5.40. The molecule has 0 bridgehead atoms. The second-order valence-electron chi connectivity index (χ2n) is 6.85. The van der Waals surface area contributed by atoms with Gasteiger partial charge in [0.1, 0.15) is 0 Å². The minimum Gasteiger partial charge on any atom is -0.379 e. The van der Waals surface area contributed by atoms with Crippen LogP contribution in [0.15, 0.2) is 24.3 Å². The molecule has 24 heavy (non-hydrogen) atoms. The SMILES string of the molecule is CCCc1ccccc1NC(=O)N1CC[C@@H](CN2CCOCC2)C1. The maximum Gasteiger partial charge on any atom is 0.321 e. The highest BCUT2D eigenvalue weighted by molar-refractivity contribution is 5.90. The van der Waals surface area contributed by atoms with Crippen LogP contribution in [0.4, 0.5) is 10.5 Å². The van der Waals surface area contributed by atoms with Gasteiger partial charge in [0.25, 0.3) is 0 Å². The van der Waals surface area contributed by atoms with Gasteiger partial charge in [-0.15, -0.1) is 0 Å². The van der Waals surface area contributed by atoms with Crippen molar-refractivity contribution in [2.24, 2.45) is 5.92 Å². The summed E-state index contributed by atoms with van der Waals surface area (Å²) in [5.74, 6) is 0.583. The Morgan fingerprint density at radius 2 is 2.04 bits per heavy atom. The number of nitrogens with zero attached hydrogens (tertiary/aromatic N) is 2. The highest BCUT2D eigenvalue weighted by atomic mass is 16.5.